The van der Waals surface area contributed by atoms with Crippen LogP contribution in [0.1, 0.15) is 13.8 Å². The molecule has 1 N–H and O–H groups in total. The van der Waals surface area contributed by atoms with Gasteiger partial charge in [-0.1, -0.05) is 0 Å². The molecule has 1 aliphatic heterocycles. The summed E-state index contributed by atoms with van der Waals surface area (Å²) in [6.07, 6.45) is 0.693. The van der Waals surface area contributed by atoms with E-state index in [1.54, 1.807) is 0 Å². The Morgan fingerprint density at radius 2 is 2.10 bits per heavy atom. The van der Waals surface area contributed by atoms with Crippen LogP contribution in [0, 0.1) is 0 Å². The minimum atomic E-state index is -0.390. The van der Waals surface area contributed by atoms with Crippen molar-refractivity contribution in [2.24, 2.45) is 0 Å². The molecular formula is C7H13NO2. The number of likely N-dealkylation sites (tertiary alicyclic amines) is 1. The Bertz CT molecular complexity index is 139. The molecule has 0 spiro atoms. The van der Waals surface area contributed by atoms with E-state index in [1.165, 1.54) is 0 Å². The number of carbonyl (C=O) groups excluding carboxylic acids is 1. The lowest BCUT2D eigenvalue weighted by atomic mass is 9.99. The second-order valence-corrected chi connectivity index (χ2v) is 3.33. The number of hydrogen-bond donors (Lipinski definition) is 1. The van der Waals surface area contributed by atoms with E-state index >= 15 is 0 Å². The Balaban J connectivity index is 2.43. The van der Waals surface area contributed by atoms with E-state index in [-0.39, 0.29) is 11.6 Å². The van der Waals surface area contributed by atoms with Gasteiger partial charge in [-0.05, 0) is 13.8 Å². The first-order chi connectivity index (χ1) is 4.56. The normalized spacial score (nSPS) is 22.3. The largest absolute Gasteiger partial charge is 0.390 e. The monoisotopic (exact) mass is 143 g/mol. The molecule has 3 heteroatoms. The van der Waals surface area contributed by atoms with Crippen molar-refractivity contribution in [2.75, 3.05) is 13.1 Å². The summed E-state index contributed by atoms with van der Waals surface area (Å²) in [6.45, 7) is 4.97. The first-order valence-electron chi connectivity index (χ1n) is 3.46. The number of nitrogens with zero attached hydrogens (tertiary/aromatic N) is 1. The van der Waals surface area contributed by atoms with Crippen LogP contribution in [0.15, 0.2) is 0 Å². The molecule has 1 saturated heterocycles. The van der Waals surface area contributed by atoms with Crippen molar-refractivity contribution in [2.45, 2.75) is 25.5 Å². The topological polar surface area (TPSA) is 40.5 Å². The highest BCUT2D eigenvalue weighted by atomic mass is 16.3. The fourth-order valence-corrected chi connectivity index (χ4v) is 1.00. The van der Waals surface area contributed by atoms with Crippen LogP contribution in [0.3, 0.4) is 0 Å². The lowest BCUT2D eigenvalue weighted by Crippen LogP contribution is -2.60. The number of β-amino-alcohol motifs (C(OH)–C–C–N with tert-alkyl or cyclic N) is 1. The summed E-state index contributed by atoms with van der Waals surface area (Å²) in [7, 11) is 0. The third kappa shape index (κ3) is 1.20. The molecular weight excluding hydrogens is 130 g/mol. The van der Waals surface area contributed by atoms with E-state index in [4.69, 9.17) is 5.11 Å². The van der Waals surface area contributed by atoms with E-state index in [0.29, 0.717) is 13.1 Å². The van der Waals surface area contributed by atoms with Crippen molar-refractivity contribution in [1.29, 1.82) is 0 Å². The van der Waals surface area contributed by atoms with Gasteiger partial charge in [0.1, 0.15) is 6.29 Å². The van der Waals surface area contributed by atoms with Crippen LogP contribution in [-0.2, 0) is 4.79 Å². The molecule has 0 aromatic carbocycles. The third-order valence-corrected chi connectivity index (χ3v) is 1.97. The molecule has 0 atom stereocenters. The van der Waals surface area contributed by atoms with Crippen LogP contribution >= 0.6 is 0 Å². The predicted octanol–water partition coefficient (Wildman–Crippen LogP) is -0.360. The van der Waals surface area contributed by atoms with Crippen LogP contribution in [0.5, 0.6) is 0 Å². The summed E-state index contributed by atoms with van der Waals surface area (Å²) in [4.78, 5) is 12.4. The highest BCUT2D eigenvalue weighted by molar-refractivity contribution is 5.62. The zero-order chi connectivity index (χ0) is 7.78. The molecule has 0 radical (unpaired) electrons. The zero-order valence-electron chi connectivity index (χ0n) is 6.37. The second-order valence-electron chi connectivity index (χ2n) is 3.33. The van der Waals surface area contributed by atoms with E-state index in [1.807, 2.05) is 18.7 Å². The first-order valence-corrected chi connectivity index (χ1v) is 3.46. The Morgan fingerprint density at radius 1 is 1.60 bits per heavy atom. The van der Waals surface area contributed by atoms with Crippen molar-refractivity contribution in [3.05, 3.63) is 0 Å². The number of aliphatic hydroxyl groups excluding tert-OH is 1. The van der Waals surface area contributed by atoms with Crippen LogP contribution in [-0.4, -0.2) is 41.0 Å². The molecule has 1 rings (SSSR count). The van der Waals surface area contributed by atoms with Gasteiger partial charge in [0.05, 0.1) is 11.6 Å². The number of aliphatic hydroxyl groups is 1. The van der Waals surface area contributed by atoms with Crippen LogP contribution in [0.2, 0.25) is 0 Å². The fourth-order valence-electron chi connectivity index (χ4n) is 1.00. The zero-order valence-corrected chi connectivity index (χ0v) is 6.37. The molecule has 3 nitrogen and oxygen atoms in total. The Hall–Kier alpha value is -0.410. The van der Waals surface area contributed by atoms with E-state index in [0.717, 1.165) is 6.29 Å². The van der Waals surface area contributed by atoms with Gasteiger partial charge in [0.15, 0.2) is 0 Å². The molecule has 1 heterocycles. The Kier molecular flexibility index (Phi) is 1.79. The quantitative estimate of drug-likeness (QED) is 0.537. The van der Waals surface area contributed by atoms with Crippen LogP contribution in [0.25, 0.3) is 0 Å². The van der Waals surface area contributed by atoms with Gasteiger partial charge in [-0.2, -0.15) is 0 Å². The van der Waals surface area contributed by atoms with Crippen LogP contribution < -0.4 is 0 Å². The summed E-state index contributed by atoms with van der Waals surface area (Å²) in [5.41, 5.74) is -0.390. The molecule has 0 aliphatic carbocycles. The van der Waals surface area contributed by atoms with Gasteiger partial charge in [-0.25, -0.2) is 0 Å². The van der Waals surface area contributed by atoms with Gasteiger partial charge in [-0.15, -0.1) is 0 Å². The van der Waals surface area contributed by atoms with Crippen molar-refractivity contribution >= 4 is 6.29 Å². The maximum absolute atomic E-state index is 10.4. The van der Waals surface area contributed by atoms with E-state index in [2.05, 4.69) is 0 Å². The molecule has 0 aromatic heterocycles. The molecule has 0 bridgehead atoms. The van der Waals surface area contributed by atoms with Gasteiger partial charge >= 0.3 is 0 Å². The predicted molar refractivity (Wildman–Crippen MR) is 37.7 cm³/mol. The molecule has 1 fully saturated rings. The average molecular weight is 143 g/mol. The number of hydrogen-bond acceptors (Lipinski definition) is 3. The van der Waals surface area contributed by atoms with Gasteiger partial charge < -0.3 is 9.90 Å². The highest BCUT2D eigenvalue weighted by Crippen LogP contribution is 2.19. The Morgan fingerprint density at radius 3 is 2.40 bits per heavy atom. The van der Waals surface area contributed by atoms with Gasteiger partial charge in [0, 0.05) is 13.1 Å². The highest BCUT2D eigenvalue weighted by Gasteiger charge is 2.35. The number of rotatable bonds is 2. The van der Waals surface area contributed by atoms with Crippen molar-refractivity contribution in [3.8, 4) is 0 Å². The molecule has 1 aliphatic rings. The third-order valence-electron chi connectivity index (χ3n) is 1.97. The standard InChI is InChI=1S/C7H13NO2/c1-7(2,5-9)8-3-6(10)4-8/h5-6,10H,3-4H2,1-2H3. The summed E-state index contributed by atoms with van der Waals surface area (Å²) >= 11 is 0. The first kappa shape index (κ1) is 7.69. The average Bonchev–Trinajstić information content (AvgIpc) is 1.81. The van der Waals surface area contributed by atoms with E-state index < -0.39 is 0 Å². The Labute approximate surface area is 60.6 Å². The summed E-state index contributed by atoms with van der Waals surface area (Å²) in [6, 6.07) is 0. The number of aldehydes is 1. The van der Waals surface area contributed by atoms with E-state index in [9.17, 15) is 4.79 Å². The summed E-state index contributed by atoms with van der Waals surface area (Å²) in [5, 5.41) is 8.92. The maximum atomic E-state index is 10.4. The SMILES string of the molecule is CC(C)(C=O)N1CC(O)C1. The van der Waals surface area contributed by atoms with Gasteiger partial charge in [-0.3, -0.25) is 4.90 Å². The maximum Gasteiger partial charge on any atom is 0.139 e. The smallest absolute Gasteiger partial charge is 0.139 e. The fraction of sp³-hybridized carbons (Fsp3) is 0.857. The minimum absolute atomic E-state index is 0.223. The second kappa shape index (κ2) is 2.32. The molecule has 0 aromatic rings. The molecule has 0 amide bonds. The molecule has 0 unspecified atom stereocenters. The van der Waals surface area contributed by atoms with Crippen molar-refractivity contribution in [3.63, 3.8) is 0 Å². The summed E-state index contributed by atoms with van der Waals surface area (Å²) < 4.78 is 0. The lowest BCUT2D eigenvalue weighted by molar-refractivity contribution is -0.124. The lowest BCUT2D eigenvalue weighted by Gasteiger charge is -2.44. The molecule has 10 heavy (non-hydrogen) atoms. The van der Waals surface area contributed by atoms with Crippen molar-refractivity contribution < 1.29 is 9.90 Å². The minimum Gasteiger partial charge on any atom is -0.390 e. The summed E-state index contributed by atoms with van der Waals surface area (Å²) in [5.74, 6) is 0. The molecule has 0 saturated carbocycles. The number of carbonyl (C=O) groups is 1. The van der Waals surface area contributed by atoms with Gasteiger partial charge in [0.2, 0.25) is 0 Å². The van der Waals surface area contributed by atoms with Crippen molar-refractivity contribution in [1.82, 2.24) is 4.90 Å². The van der Waals surface area contributed by atoms with Gasteiger partial charge in [0.25, 0.3) is 0 Å². The molecule has 58 valence electrons. The van der Waals surface area contributed by atoms with Crippen LogP contribution in [0.4, 0.5) is 0 Å².